The van der Waals surface area contributed by atoms with Crippen molar-refractivity contribution in [3.63, 3.8) is 0 Å². The molecule has 0 saturated heterocycles. The fraction of sp³-hybridized carbons (Fsp3) is 0.462. The van der Waals surface area contributed by atoms with Gasteiger partial charge in [-0.05, 0) is 49.4 Å². The lowest BCUT2D eigenvalue weighted by Crippen LogP contribution is -2.50. The fourth-order valence-electron chi connectivity index (χ4n) is 3.67. The SMILES string of the molecule is CC[C@@H](C(=O)NCC(C)C)N(Cc1ccc(Cl)cc1Cl)C(=O)CSCc1cc(C)cc(C)c1. The van der Waals surface area contributed by atoms with Crippen molar-refractivity contribution in [1.82, 2.24) is 10.2 Å². The molecule has 0 unspecified atom stereocenters. The number of carbonyl (C=O) groups excluding carboxylic acids is 2. The van der Waals surface area contributed by atoms with E-state index in [4.69, 9.17) is 23.2 Å². The summed E-state index contributed by atoms with van der Waals surface area (Å²) in [4.78, 5) is 28.0. The van der Waals surface area contributed by atoms with Crippen LogP contribution in [0, 0.1) is 19.8 Å². The van der Waals surface area contributed by atoms with Gasteiger partial charge in [-0.25, -0.2) is 0 Å². The predicted octanol–water partition coefficient (Wildman–Crippen LogP) is 6.42. The fourth-order valence-corrected chi connectivity index (χ4v) is 4.98. The molecule has 7 heteroatoms. The second-order valence-electron chi connectivity index (χ2n) is 8.81. The zero-order valence-corrected chi connectivity index (χ0v) is 22.4. The van der Waals surface area contributed by atoms with Crippen molar-refractivity contribution < 1.29 is 9.59 Å². The molecular formula is C26H34Cl2N2O2S. The maximum absolute atomic E-state index is 13.3. The molecule has 180 valence electrons. The average Bonchev–Trinajstić information content (AvgIpc) is 2.72. The number of nitrogens with one attached hydrogen (secondary N) is 1. The largest absolute Gasteiger partial charge is 0.354 e. The molecule has 0 aliphatic heterocycles. The third-order valence-electron chi connectivity index (χ3n) is 5.20. The summed E-state index contributed by atoms with van der Waals surface area (Å²) in [6.07, 6.45) is 0.516. The molecule has 1 N–H and O–H groups in total. The molecule has 2 aromatic rings. The zero-order valence-electron chi connectivity index (χ0n) is 20.1. The Morgan fingerprint density at radius 1 is 1.06 bits per heavy atom. The van der Waals surface area contributed by atoms with E-state index in [1.54, 1.807) is 28.8 Å². The molecule has 1 atom stereocenters. The zero-order chi connectivity index (χ0) is 24.5. The first-order valence-corrected chi connectivity index (χ1v) is 13.2. The minimum absolute atomic E-state index is 0.0815. The number of rotatable bonds is 11. The molecular weight excluding hydrogens is 475 g/mol. The summed E-state index contributed by atoms with van der Waals surface area (Å²) < 4.78 is 0. The van der Waals surface area contributed by atoms with Crippen molar-refractivity contribution in [3.8, 4) is 0 Å². The molecule has 0 bridgehead atoms. The molecule has 0 fully saturated rings. The summed E-state index contributed by atoms with van der Waals surface area (Å²) in [5, 5.41) is 4.00. The van der Waals surface area contributed by atoms with E-state index < -0.39 is 6.04 Å². The van der Waals surface area contributed by atoms with Crippen LogP contribution >= 0.6 is 35.0 Å². The summed E-state index contributed by atoms with van der Waals surface area (Å²) in [5.74, 6) is 1.13. The van der Waals surface area contributed by atoms with Crippen LogP contribution in [0.1, 0.15) is 49.4 Å². The maximum atomic E-state index is 13.3. The van der Waals surface area contributed by atoms with Crippen LogP contribution in [0.15, 0.2) is 36.4 Å². The highest BCUT2D eigenvalue weighted by Crippen LogP contribution is 2.25. The van der Waals surface area contributed by atoms with Crippen LogP contribution in [0.3, 0.4) is 0 Å². The van der Waals surface area contributed by atoms with Gasteiger partial charge in [-0.15, -0.1) is 11.8 Å². The molecule has 0 aliphatic rings. The van der Waals surface area contributed by atoms with Gasteiger partial charge in [-0.3, -0.25) is 9.59 Å². The normalized spacial score (nSPS) is 12.0. The predicted molar refractivity (Wildman–Crippen MR) is 141 cm³/mol. The number of amides is 2. The van der Waals surface area contributed by atoms with Gasteiger partial charge in [0.2, 0.25) is 11.8 Å². The van der Waals surface area contributed by atoms with E-state index in [2.05, 4.69) is 37.4 Å². The van der Waals surface area contributed by atoms with Crippen molar-refractivity contribution in [2.75, 3.05) is 12.3 Å². The van der Waals surface area contributed by atoms with Crippen molar-refractivity contribution in [2.24, 2.45) is 5.92 Å². The van der Waals surface area contributed by atoms with Crippen LogP contribution in [-0.4, -0.2) is 35.1 Å². The number of aryl methyl sites for hydroxylation is 2. The van der Waals surface area contributed by atoms with Gasteiger partial charge < -0.3 is 10.2 Å². The molecule has 2 amide bonds. The van der Waals surface area contributed by atoms with Crippen LogP contribution in [0.4, 0.5) is 0 Å². The first-order valence-electron chi connectivity index (χ1n) is 11.3. The number of hydrogen-bond acceptors (Lipinski definition) is 3. The van der Waals surface area contributed by atoms with Gasteiger partial charge in [0.15, 0.2) is 0 Å². The molecule has 0 aliphatic carbocycles. The molecule has 0 aromatic heterocycles. The Labute approximate surface area is 212 Å². The summed E-state index contributed by atoms with van der Waals surface area (Å²) in [6, 6.07) is 11.1. The first-order chi connectivity index (χ1) is 15.6. The van der Waals surface area contributed by atoms with Crippen molar-refractivity contribution in [1.29, 1.82) is 0 Å². The molecule has 0 radical (unpaired) electrons. The number of carbonyl (C=O) groups is 2. The lowest BCUT2D eigenvalue weighted by molar-refractivity contribution is -0.139. The van der Waals surface area contributed by atoms with Gasteiger partial charge in [0.1, 0.15) is 6.04 Å². The standard InChI is InChI=1S/C26H34Cl2N2O2S/c1-6-24(26(32)29-13-17(2)3)30(14-21-7-8-22(27)12-23(21)28)25(31)16-33-15-20-10-18(4)9-19(5)11-20/h7-12,17,24H,6,13-16H2,1-5H3,(H,29,32)/t24-/m0/s1. The number of nitrogens with zero attached hydrogens (tertiary/aromatic N) is 1. The molecule has 0 heterocycles. The van der Waals surface area contributed by atoms with E-state index in [1.165, 1.54) is 16.7 Å². The Hall–Kier alpha value is -1.69. The van der Waals surface area contributed by atoms with Crippen LogP contribution in [-0.2, 0) is 21.9 Å². The Bertz CT molecular complexity index is 945. The van der Waals surface area contributed by atoms with Gasteiger partial charge in [0.05, 0.1) is 5.75 Å². The monoisotopic (exact) mass is 508 g/mol. The van der Waals surface area contributed by atoms with E-state index in [9.17, 15) is 9.59 Å². The van der Waals surface area contributed by atoms with Gasteiger partial charge in [-0.1, -0.05) is 79.4 Å². The molecule has 0 saturated carbocycles. The number of thioether (sulfide) groups is 1. The highest BCUT2D eigenvalue weighted by atomic mass is 35.5. The molecule has 2 aromatic carbocycles. The van der Waals surface area contributed by atoms with E-state index >= 15 is 0 Å². The highest BCUT2D eigenvalue weighted by molar-refractivity contribution is 7.99. The van der Waals surface area contributed by atoms with Gasteiger partial charge in [0, 0.05) is 28.9 Å². The topological polar surface area (TPSA) is 49.4 Å². The van der Waals surface area contributed by atoms with Crippen LogP contribution in [0.25, 0.3) is 0 Å². The molecule has 4 nitrogen and oxygen atoms in total. The van der Waals surface area contributed by atoms with Crippen molar-refractivity contribution in [2.45, 2.75) is 59.4 Å². The first kappa shape index (κ1) is 27.6. The van der Waals surface area contributed by atoms with Gasteiger partial charge in [-0.2, -0.15) is 0 Å². The Kier molecular flexibility index (Phi) is 11.1. The Balaban J connectivity index is 2.18. The maximum Gasteiger partial charge on any atom is 0.242 e. The average molecular weight is 510 g/mol. The Morgan fingerprint density at radius 3 is 2.30 bits per heavy atom. The van der Waals surface area contributed by atoms with E-state index in [1.807, 2.05) is 26.8 Å². The van der Waals surface area contributed by atoms with Crippen LogP contribution in [0.2, 0.25) is 10.0 Å². The van der Waals surface area contributed by atoms with Crippen molar-refractivity contribution in [3.05, 3.63) is 68.7 Å². The van der Waals surface area contributed by atoms with Crippen molar-refractivity contribution >= 4 is 46.8 Å². The second-order valence-corrected chi connectivity index (χ2v) is 10.6. The van der Waals surface area contributed by atoms with Crippen LogP contribution < -0.4 is 5.32 Å². The van der Waals surface area contributed by atoms with Crippen LogP contribution in [0.5, 0.6) is 0 Å². The molecule has 33 heavy (non-hydrogen) atoms. The summed E-state index contributed by atoms with van der Waals surface area (Å²) in [5.41, 5.74) is 4.38. The number of benzene rings is 2. The quantitative estimate of drug-likeness (QED) is 0.380. The van der Waals surface area contributed by atoms with E-state index in [-0.39, 0.29) is 24.1 Å². The number of halogens is 2. The number of hydrogen-bond donors (Lipinski definition) is 1. The minimum atomic E-state index is -0.565. The van der Waals surface area contributed by atoms with Gasteiger partial charge >= 0.3 is 0 Å². The molecule has 0 spiro atoms. The third kappa shape index (κ3) is 8.88. The second kappa shape index (κ2) is 13.3. The third-order valence-corrected chi connectivity index (χ3v) is 6.78. The van der Waals surface area contributed by atoms with Gasteiger partial charge in [0.25, 0.3) is 0 Å². The van der Waals surface area contributed by atoms with E-state index in [0.717, 1.165) is 11.3 Å². The minimum Gasteiger partial charge on any atom is -0.354 e. The summed E-state index contributed by atoms with van der Waals surface area (Å²) >= 11 is 14.0. The lowest BCUT2D eigenvalue weighted by Gasteiger charge is -2.31. The smallest absolute Gasteiger partial charge is 0.242 e. The Morgan fingerprint density at radius 2 is 1.73 bits per heavy atom. The summed E-state index contributed by atoms with van der Waals surface area (Å²) in [7, 11) is 0. The van der Waals surface area contributed by atoms with E-state index in [0.29, 0.717) is 28.9 Å². The summed E-state index contributed by atoms with van der Waals surface area (Å²) in [6.45, 7) is 11.0. The molecule has 2 rings (SSSR count). The highest BCUT2D eigenvalue weighted by Gasteiger charge is 2.29. The lowest BCUT2D eigenvalue weighted by atomic mass is 10.1.